The number of H-pyrrole nitrogens is 2. The average molecular weight is 625 g/mol. The maximum atomic E-state index is 6.66. The molecule has 0 saturated carbocycles. The highest BCUT2D eigenvalue weighted by molar-refractivity contribution is 5.95. The Bertz CT molecular complexity index is 2470. The van der Waals surface area contributed by atoms with Crippen LogP contribution in [0.15, 0.2) is 97.1 Å². The molecule has 6 heteroatoms. The fraction of sp³-hybridized carbons (Fsp3) is 0.0952. The molecule has 0 radical (unpaired) electrons. The summed E-state index contributed by atoms with van der Waals surface area (Å²) in [7, 11) is 0. The zero-order chi connectivity index (χ0) is 32.2. The lowest BCUT2D eigenvalue weighted by molar-refractivity contribution is 0.302. The Morgan fingerprint density at radius 1 is 0.542 bits per heavy atom. The molecule has 0 unspecified atom stereocenters. The second kappa shape index (κ2) is 11.3. The highest BCUT2D eigenvalue weighted by Gasteiger charge is 2.18. The van der Waals surface area contributed by atoms with Crippen LogP contribution in [-0.4, -0.2) is 19.9 Å². The van der Waals surface area contributed by atoms with Gasteiger partial charge in [-0.05, 0) is 109 Å². The summed E-state index contributed by atoms with van der Waals surface area (Å²) in [5.41, 5.74) is 15.7. The van der Waals surface area contributed by atoms with Crippen molar-refractivity contribution in [3.8, 4) is 33.8 Å². The number of para-hydroxylation sites is 2. The molecule has 0 saturated heterocycles. The third-order valence-corrected chi connectivity index (χ3v) is 9.23. The first-order valence-electron chi connectivity index (χ1n) is 16.2. The summed E-state index contributed by atoms with van der Waals surface area (Å²) < 4.78 is 13.3. The monoisotopic (exact) mass is 624 g/mol. The predicted molar refractivity (Wildman–Crippen MR) is 194 cm³/mol. The van der Waals surface area contributed by atoms with Gasteiger partial charge in [-0.25, -0.2) is 9.97 Å². The molecule has 0 aliphatic carbocycles. The molecule has 6 aliphatic rings. The van der Waals surface area contributed by atoms with Crippen molar-refractivity contribution in [2.45, 2.75) is 27.1 Å². The zero-order valence-electron chi connectivity index (χ0n) is 26.7. The van der Waals surface area contributed by atoms with Crippen LogP contribution in [0.3, 0.4) is 0 Å². The van der Waals surface area contributed by atoms with Crippen molar-refractivity contribution in [1.82, 2.24) is 19.9 Å². The van der Waals surface area contributed by atoms with Gasteiger partial charge in [0.1, 0.15) is 24.7 Å². The van der Waals surface area contributed by atoms with Crippen molar-refractivity contribution in [2.24, 2.45) is 0 Å². The van der Waals surface area contributed by atoms with Crippen LogP contribution in [-0.2, 0) is 13.2 Å². The van der Waals surface area contributed by atoms with E-state index in [2.05, 4.69) is 115 Å². The summed E-state index contributed by atoms with van der Waals surface area (Å²) in [6.45, 7) is 5.17. The first kappa shape index (κ1) is 28.1. The zero-order valence-corrected chi connectivity index (χ0v) is 26.7. The lowest BCUT2D eigenvalue weighted by Crippen LogP contribution is -2.05. The van der Waals surface area contributed by atoms with Gasteiger partial charge in [0.25, 0.3) is 0 Å². The number of rotatable bonds is 0. The van der Waals surface area contributed by atoms with Crippen LogP contribution in [0.5, 0.6) is 11.5 Å². The lowest BCUT2D eigenvalue weighted by atomic mass is 9.99. The number of hydrogen-bond donors (Lipinski definition) is 2. The van der Waals surface area contributed by atoms with Crippen LogP contribution >= 0.6 is 0 Å². The van der Waals surface area contributed by atoms with E-state index in [1.54, 1.807) is 0 Å². The van der Waals surface area contributed by atoms with E-state index < -0.39 is 0 Å². The van der Waals surface area contributed by atoms with Gasteiger partial charge in [0.2, 0.25) is 0 Å². The number of hydrogen-bond acceptors (Lipinski definition) is 4. The number of nitrogens with one attached hydrogen (secondary N) is 2. The molecule has 0 spiro atoms. The molecule has 48 heavy (non-hydrogen) atoms. The van der Waals surface area contributed by atoms with Crippen LogP contribution in [0.25, 0.3) is 68.6 Å². The standard InChI is InChI=1S/C42H32N4O2/c1-25-19-27-20-26(2)34(25)24-48-40-10-6-4-8-33(40)42-37-17-13-30(45-37)21-28-11-15-35(43-28)41(32-7-3-5-9-39(32)47-23-27)36-16-12-29(44-36)22-31-14-18-38(42)46-31/h3-22,43,46H,23-24H2,1-2H3. The Morgan fingerprint density at radius 2 is 1.04 bits per heavy atom. The molecule has 3 aromatic heterocycles. The van der Waals surface area contributed by atoms with Gasteiger partial charge in [0.15, 0.2) is 0 Å². The number of nitrogens with zero attached hydrogens (tertiary/aromatic N) is 2. The number of aromatic nitrogens is 4. The number of benzene rings is 3. The van der Waals surface area contributed by atoms with E-state index >= 15 is 0 Å². The molecule has 0 atom stereocenters. The van der Waals surface area contributed by atoms with E-state index in [-0.39, 0.29) is 0 Å². The third kappa shape index (κ3) is 4.99. The quantitative estimate of drug-likeness (QED) is 0.176. The van der Waals surface area contributed by atoms with Gasteiger partial charge in [0, 0.05) is 44.3 Å². The highest BCUT2D eigenvalue weighted by atomic mass is 16.5. The second-order valence-electron chi connectivity index (χ2n) is 12.5. The summed E-state index contributed by atoms with van der Waals surface area (Å²) in [5, 5.41) is 0. The van der Waals surface area contributed by atoms with Crippen LogP contribution < -0.4 is 9.47 Å². The molecule has 0 amide bonds. The molecule has 2 N–H and O–H groups in total. The molecule has 12 rings (SSSR count). The van der Waals surface area contributed by atoms with Crippen molar-refractivity contribution in [3.63, 3.8) is 0 Å². The van der Waals surface area contributed by atoms with Crippen molar-refractivity contribution < 1.29 is 9.47 Å². The van der Waals surface area contributed by atoms with E-state index in [1.807, 2.05) is 30.3 Å². The largest absolute Gasteiger partial charge is 0.488 e. The van der Waals surface area contributed by atoms with Crippen LogP contribution in [0.2, 0.25) is 0 Å². The molecule has 6 aliphatic heterocycles. The van der Waals surface area contributed by atoms with Gasteiger partial charge >= 0.3 is 0 Å². The average Bonchev–Trinajstić information content (AvgIpc) is 3.91. The normalized spacial score (nSPS) is 13.2. The SMILES string of the molecule is Cc1cc2cc(C)c1COc1ccccc1-c1c3nc(cc4ccc([nH]4)c(c4nc(cc5ccc1[nH]5)C=C4)-c1ccccc1OC2)C=C3. The summed E-state index contributed by atoms with van der Waals surface area (Å²) >= 11 is 0. The van der Waals surface area contributed by atoms with Gasteiger partial charge < -0.3 is 19.4 Å². The molecule has 0 fully saturated rings. The predicted octanol–water partition coefficient (Wildman–Crippen LogP) is 10.1. The summed E-state index contributed by atoms with van der Waals surface area (Å²) in [6.07, 6.45) is 8.28. The Hall–Kier alpha value is -6.14. The first-order chi connectivity index (χ1) is 23.6. The molecular weight excluding hydrogens is 592 g/mol. The molecule has 3 aromatic carbocycles. The second-order valence-corrected chi connectivity index (χ2v) is 12.5. The van der Waals surface area contributed by atoms with Crippen molar-refractivity contribution >= 4 is 46.4 Å². The van der Waals surface area contributed by atoms with Gasteiger partial charge in [0.05, 0.1) is 22.8 Å². The minimum Gasteiger partial charge on any atom is -0.488 e. The minimum atomic E-state index is 0.436. The third-order valence-electron chi connectivity index (χ3n) is 9.23. The summed E-state index contributed by atoms with van der Waals surface area (Å²) in [5.74, 6) is 1.59. The Labute approximate surface area is 278 Å². The summed E-state index contributed by atoms with van der Waals surface area (Å²) in [6, 6.07) is 33.4. The molecular formula is C42H32N4O2. The van der Waals surface area contributed by atoms with E-state index in [4.69, 9.17) is 19.4 Å². The Balaban J connectivity index is 1.41. The van der Waals surface area contributed by atoms with Crippen molar-refractivity contribution in [3.05, 3.63) is 142 Å². The number of aromatic amines is 2. The van der Waals surface area contributed by atoms with Crippen LogP contribution in [0.1, 0.15) is 45.0 Å². The maximum Gasteiger partial charge on any atom is 0.127 e. The smallest absolute Gasteiger partial charge is 0.127 e. The minimum absolute atomic E-state index is 0.436. The fourth-order valence-electron chi connectivity index (χ4n) is 6.94. The van der Waals surface area contributed by atoms with Crippen molar-refractivity contribution in [1.29, 1.82) is 0 Å². The van der Waals surface area contributed by atoms with E-state index in [9.17, 15) is 0 Å². The Kier molecular flexibility index (Phi) is 6.61. The lowest BCUT2D eigenvalue weighted by Gasteiger charge is -2.17. The van der Waals surface area contributed by atoms with E-state index in [1.165, 1.54) is 16.7 Å². The van der Waals surface area contributed by atoms with Gasteiger partial charge in [-0.2, -0.15) is 0 Å². The van der Waals surface area contributed by atoms with Crippen molar-refractivity contribution in [2.75, 3.05) is 0 Å². The molecule has 9 heterocycles. The molecule has 232 valence electrons. The number of aryl methyl sites for hydroxylation is 2. The maximum absolute atomic E-state index is 6.66. The van der Waals surface area contributed by atoms with E-state index in [0.717, 1.165) is 84.2 Å². The molecule has 6 nitrogen and oxygen atoms in total. The number of ether oxygens (including phenoxy) is 2. The topological polar surface area (TPSA) is 75.8 Å². The van der Waals surface area contributed by atoms with Crippen LogP contribution in [0, 0.1) is 13.8 Å². The molecule has 6 aromatic rings. The van der Waals surface area contributed by atoms with Gasteiger partial charge in [-0.1, -0.05) is 48.5 Å². The highest BCUT2D eigenvalue weighted by Crippen LogP contribution is 2.39. The van der Waals surface area contributed by atoms with Crippen LogP contribution in [0.4, 0.5) is 0 Å². The van der Waals surface area contributed by atoms with E-state index in [0.29, 0.717) is 13.2 Å². The first-order valence-corrected chi connectivity index (χ1v) is 16.2. The van der Waals surface area contributed by atoms with Gasteiger partial charge in [-0.15, -0.1) is 0 Å². The molecule has 12 bridgehead atoms. The van der Waals surface area contributed by atoms with Gasteiger partial charge in [-0.3, -0.25) is 0 Å². The fourth-order valence-corrected chi connectivity index (χ4v) is 6.94. The summed E-state index contributed by atoms with van der Waals surface area (Å²) in [4.78, 5) is 17.6. The Morgan fingerprint density at radius 3 is 1.58 bits per heavy atom.